The van der Waals surface area contributed by atoms with E-state index < -0.39 is 10.0 Å². The standard InChI is InChI=1S/C21H38N2O5S/c1-15(2)17-8-10-18(11-9-17)28-14-20-19(22-29(4,26)27)6-5-13-23(20)21(25)12-7-16(3)24/h15,17-20,22H,5-14H2,1-4H3/t17-,18+,19-,20-/m0/s1. The molecule has 2 rings (SSSR count). The molecule has 2 aliphatic rings. The molecule has 1 aliphatic heterocycles. The Labute approximate surface area is 176 Å². The van der Waals surface area contributed by atoms with Crippen LogP contribution in [0, 0.1) is 11.8 Å². The van der Waals surface area contributed by atoms with E-state index >= 15 is 0 Å². The maximum atomic E-state index is 12.7. The van der Waals surface area contributed by atoms with Crippen LogP contribution in [0.15, 0.2) is 0 Å². The van der Waals surface area contributed by atoms with Gasteiger partial charge in [0.15, 0.2) is 0 Å². The van der Waals surface area contributed by atoms with Crippen LogP contribution in [0.3, 0.4) is 0 Å². The summed E-state index contributed by atoms with van der Waals surface area (Å²) in [5.41, 5.74) is 0. The Kier molecular flexibility index (Phi) is 9.10. The number of ketones is 1. The normalized spacial score (nSPS) is 28.5. The molecule has 8 heteroatoms. The van der Waals surface area contributed by atoms with Crippen LogP contribution in [-0.2, 0) is 24.3 Å². The third-order valence-electron chi connectivity index (χ3n) is 6.32. The molecule has 0 bridgehead atoms. The Morgan fingerprint density at radius 3 is 2.31 bits per heavy atom. The lowest BCUT2D eigenvalue weighted by Crippen LogP contribution is -2.59. The van der Waals surface area contributed by atoms with E-state index in [0.29, 0.717) is 25.5 Å². The maximum absolute atomic E-state index is 12.7. The Balaban J connectivity index is 2.02. The van der Waals surface area contributed by atoms with Gasteiger partial charge in [0.1, 0.15) is 5.78 Å². The SMILES string of the molecule is CC(=O)CCC(=O)N1CCC[C@H](NS(C)(=O)=O)[C@@H]1CO[C@H]1CC[C@@H](C(C)C)CC1. The van der Waals surface area contributed by atoms with Crippen LogP contribution >= 0.6 is 0 Å². The molecule has 0 unspecified atom stereocenters. The third-order valence-corrected chi connectivity index (χ3v) is 7.05. The van der Waals surface area contributed by atoms with Gasteiger partial charge in [-0.05, 0) is 57.3 Å². The number of likely N-dealkylation sites (tertiary alicyclic amines) is 1. The van der Waals surface area contributed by atoms with Crippen molar-refractivity contribution < 1.29 is 22.7 Å². The Hall–Kier alpha value is -0.990. The predicted octanol–water partition coefficient (Wildman–Crippen LogP) is 2.50. The van der Waals surface area contributed by atoms with Crippen molar-refractivity contribution >= 4 is 21.7 Å². The first kappa shape index (κ1) is 24.3. The van der Waals surface area contributed by atoms with Gasteiger partial charge in [0.05, 0.1) is 25.0 Å². The Morgan fingerprint density at radius 2 is 1.76 bits per heavy atom. The van der Waals surface area contributed by atoms with Crippen molar-refractivity contribution in [2.24, 2.45) is 11.8 Å². The van der Waals surface area contributed by atoms with Gasteiger partial charge in [-0.15, -0.1) is 0 Å². The molecule has 1 aliphatic carbocycles. The van der Waals surface area contributed by atoms with E-state index in [9.17, 15) is 18.0 Å². The average molecular weight is 431 g/mol. The second-order valence-electron chi connectivity index (χ2n) is 9.11. The summed E-state index contributed by atoms with van der Waals surface area (Å²) in [6, 6.07) is -0.687. The van der Waals surface area contributed by atoms with Crippen LogP contribution in [0.5, 0.6) is 0 Å². The Morgan fingerprint density at radius 1 is 1.10 bits per heavy atom. The van der Waals surface area contributed by atoms with Crippen molar-refractivity contribution in [2.45, 2.75) is 90.3 Å². The number of nitrogens with one attached hydrogen (secondary N) is 1. The third kappa shape index (κ3) is 7.98. The highest BCUT2D eigenvalue weighted by Crippen LogP contribution is 2.32. The van der Waals surface area contributed by atoms with Crippen molar-refractivity contribution in [1.29, 1.82) is 0 Å². The highest BCUT2D eigenvalue weighted by atomic mass is 32.2. The molecule has 0 aromatic heterocycles. The Bertz CT molecular complexity index is 656. The highest BCUT2D eigenvalue weighted by Gasteiger charge is 2.36. The monoisotopic (exact) mass is 430 g/mol. The van der Waals surface area contributed by atoms with Crippen LogP contribution in [0.1, 0.15) is 72.1 Å². The van der Waals surface area contributed by atoms with E-state index in [1.165, 1.54) is 6.92 Å². The zero-order valence-electron chi connectivity index (χ0n) is 18.4. The van der Waals surface area contributed by atoms with E-state index in [4.69, 9.17) is 4.74 Å². The summed E-state index contributed by atoms with van der Waals surface area (Å²) in [4.78, 5) is 25.7. The minimum Gasteiger partial charge on any atom is -0.376 e. The number of hydrogen-bond acceptors (Lipinski definition) is 5. The number of sulfonamides is 1. The van der Waals surface area contributed by atoms with Crippen molar-refractivity contribution in [1.82, 2.24) is 9.62 Å². The summed E-state index contributed by atoms with van der Waals surface area (Å²) in [6.07, 6.45) is 7.43. The van der Waals surface area contributed by atoms with Gasteiger partial charge in [0.2, 0.25) is 15.9 Å². The lowest BCUT2D eigenvalue weighted by atomic mass is 9.80. The number of rotatable bonds is 9. The molecule has 1 amide bonds. The van der Waals surface area contributed by atoms with Gasteiger partial charge in [-0.2, -0.15) is 0 Å². The molecule has 1 heterocycles. The zero-order chi connectivity index (χ0) is 21.6. The molecule has 29 heavy (non-hydrogen) atoms. The van der Waals surface area contributed by atoms with Gasteiger partial charge >= 0.3 is 0 Å². The van der Waals surface area contributed by atoms with Gasteiger partial charge in [0.25, 0.3) is 0 Å². The number of amides is 1. The molecule has 0 aromatic carbocycles. The number of piperidine rings is 1. The van der Waals surface area contributed by atoms with Gasteiger partial charge in [-0.25, -0.2) is 13.1 Å². The minimum absolute atomic E-state index is 0.0177. The number of carbonyl (C=O) groups is 2. The summed E-state index contributed by atoms with van der Waals surface area (Å²) in [5.74, 6) is 1.31. The molecule has 1 saturated heterocycles. The molecule has 168 valence electrons. The van der Waals surface area contributed by atoms with E-state index in [-0.39, 0.29) is 42.7 Å². The largest absolute Gasteiger partial charge is 0.376 e. The summed E-state index contributed by atoms with van der Waals surface area (Å²) in [7, 11) is -3.39. The van der Waals surface area contributed by atoms with E-state index in [0.717, 1.165) is 44.3 Å². The molecule has 2 atom stereocenters. The molecule has 0 radical (unpaired) electrons. The summed E-state index contributed by atoms with van der Waals surface area (Å²) in [5, 5.41) is 0. The maximum Gasteiger partial charge on any atom is 0.223 e. The minimum atomic E-state index is -3.39. The number of Topliss-reactive ketones (excluding diaryl/α,β-unsaturated/α-hetero) is 1. The summed E-state index contributed by atoms with van der Waals surface area (Å²) >= 11 is 0. The topological polar surface area (TPSA) is 92.8 Å². The molecule has 7 nitrogen and oxygen atoms in total. The van der Waals surface area contributed by atoms with Crippen molar-refractivity contribution in [2.75, 3.05) is 19.4 Å². The van der Waals surface area contributed by atoms with E-state index in [2.05, 4.69) is 18.6 Å². The average Bonchev–Trinajstić information content (AvgIpc) is 2.64. The second-order valence-corrected chi connectivity index (χ2v) is 10.9. The quantitative estimate of drug-likeness (QED) is 0.607. The molecule has 0 aromatic rings. The fourth-order valence-electron chi connectivity index (χ4n) is 4.57. The molecular weight excluding hydrogens is 392 g/mol. The lowest BCUT2D eigenvalue weighted by molar-refractivity contribution is -0.139. The fourth-order valence-corrected chi connectivity index (χ4v) is 5.39. The van der Waals surface area contributed by atoms with Gasteiger partial charge < -0.3 is 14.4 Å². The first-order valence-electron chi connectivity index (χ1n) is 10.9. The van der Waals surface area contributed by atoms with Crippen molar-refractivity contribution in [3.8, 4) is 0 Å². The first-order chi connectivity index (χ1) is 13.6. The van der Waals surface area contributed by atoms with E-state index in [1.807, 2.05) is 0 Å². The van der Waals surface area contributed by atoms with E-state index in [1.54, 1.807) is 4.90 Å². The van der Waals surface area contributed by atoms with Crippen molar-refractivity contribution in [3.05, 3.63) is 0 Å². The van der Waals surface area contributed by atoms with Crippen LogP contribution in [0.2, 0.25) is 0 Å². The second kappa shape index (κ2) is 10.9. The van der Waals surface area contributed by atoms with Crippen molar-refractivity contribution in [3.63, 3.8) is 0 Å². The number of hydrogen-bond donors (Lipinski definition) is 1. The molecule has 0 spiro atoms. The predicted molar refractivity (Wildman–Crippen MR) is 113 cm³/mol. The lowest BCUT2D eigenvalue weighted by Gasteiger charge is -2.42. The van der Waals surface area contributed by atoms with Gasteiger partial charge in [0, 0.05) is 25.4 Å². The molecular formula is C21H38N2O5S. The van der Waals surface area contributed by atoms with Crippen LogP contribution < -0.4 is 4.72 Å². The van der Waals surface area contributed by atoms with Crippen LogP contribution in [-0.4, -0.2) is 62.6 Å². The zero-order valence-corrected chi connectivity index (χ0v) is 19.2. The molecule has 2 fully saturated rings. The van der Waals surface area contributed by atoms with Gasteiger partial charge in [-0.3, -0.25) is 4.79 Å². The number of ether oxygens (including phenoxy) is 1. The smallest absolute Gasteiger partial charge is 0.223 e. The summed E-state index contributed by atoms with van der Waals surface area (Å²) in [6.45, 7) is 6.91. The number of carbonyl (C=O) groups excluding carboxylic acids is 2. The molecule has 1 N–H and O–H groups in total. The highest BCUT2D eigenvalue weighted by molar-refractivity contribution is 7.88. The fraction of sp³-hybridized carbons (Fsp3) is 0.905. The number of nitrogens with zero attached hydrogens (tertiary/aromatic N) is 1. The summed E-state index contributed by atoms with van der Waals surface area (Å²) < 4.78 is 32.6. The first-order valence-corrected chi connectivity index (χ1v) is 12.8. The molecule has 1 saturated carbocycles. The van der Waals surface area contributed by atoms with Crippen LogP contribution in [0.25, 0.3) is 0 Å². The van der Waals surface area contributed by atoms with Crippen LogP contribution in [0.4, 0.5) is 0 Å². The van der Waals surface area contributed by atoms with Gasteiger partial charge in [-0.1, -0.05) is 13.8 Å².